The van der Waals surface area contributed by atoms with Crippen LogP contribution in [0, 0.1) is 6.92 Å². The molecule has 4 N–H and O–H groups in total. The van der Waals surface area contributed by atoms with Gasteiger partial charge in [-0.3, -0.25) is 0 Å². The van der Waals surface area contributed by atoms with Crippen LogP contribution in [-0.2, 0) is 0 Å². The molecule has 0 radical (unpaired) electrons. The molecule has 5 nitrogen and oxygen atoms in total. The summed E-state index contributed by atoms with van der Waals surface area (Å²) in [6.07, 6.45) is 1.27. The summed E-state index contributed by atoms with van der Waals surface area (Å²) in [4.78, 5) is 14.3. The minimum absolute atomic E-state index is 0.189. The zero-order valence-electron chi connectivity index (χ0n) is 6.53. The van der Waals surface area contributed by atoms with Crippen LogP contribution in [0.15, 0.2) is 12.3 Å². The summed E-state index contributed by atoms with van der Waals surface area (Å²) < 4.78 is 0. The first-order chi connectivity index (χ1) is 5.65. The van der Waals surface area contributed by atoms with Crippen molar-refractivity contribution in [2.75, 3.05) is 5.43 Å². The zero-order chi connectivity index (χ0) is 9.14. The topological polar surface area (TPSA) is 88.2 Å². The van der Waals surface area contributed by atoms with Crippen molar-refractivity contribution in [3.05, 3.63) is 23.4 Å². The van der Waals surface area contributed by atoms with Crippen LogP contribution in [0.2, 0.25) is 0 Å². The fourth-order valence-electron chi connectivity index (χ4n) is 0.859. The standard InChI is InChI=1S/C7H9N3O2/c1-4-2-6(10-8)9-3-5(4)7(11)12/h2-3H,8H2,1H3,(H,9,10)(H,11,12). The largest absolute Gasteiger partial charge is 0.478 e. The molecule has 0 unspecified atom stereocenters. The van der Waals surface area contributed by atoms with Gasteiger partial charge in [0.15, 0.2) is 0 Å². The SMILES string of the molecule is Cc1cc(NN)ncc1C(=O)O. The predicted octanol–water partition coefficient (Wildman–Crippen LogP) is 0.374. The van der Waals surface area contributed by atoms with Crippen LogP contribution in [0.3, 0.4) is 0 Å². The Balaban J connectivity index is 3.12. The van der Waals surface area contributed by atoms with E-state index in [4.69, 9.17) is 10.9 Å². The van der Waals surface area contributed by atoms with Crippen molar-refractivity contribution in [2.45, 2.75) is 6.92 Å². The van der Waals surface area contributed by atoms with Crippen molar-refractivity contribution in [1.82, 2.24) is 4.98 Å². The summed E-state index contributed by atoms with van der Waals surface area (Å²) in [6, 6.07) is 1.57. The molecule has 1 heterocycles. The maximum absolute atomic E-state index is 10.5. The number of nitrogens with two attached hydrogens (primary N) is 1. The highest BCUT2D eigenvalue weighted by molar-refractivity contribution is 5.89. The van der Waals surface area contributed by atoms with Gasteiger partial charge in [0.2, 0.25) is 0 Å². The lowest BCUT2D eigenvalue weighted by Gasteiger charge is -2.02. The number of pyridine rings is 1. The van der Waals surface area contributed by atoms with E-state index in [0.717, 1.165) is 0 Å². The Labute approximate surface area is 69.2 Å². The summed E-state index contributed by atoms with van der Waals surface area (Å²) in [7, 11) is 0. The number of hydrogen-bond acceptors (Lipinski definition) is 4. The van der Waals surface area contributed by atoms with Gasteiger partial charge in [-0.2, -0.15) is 0 Å². The van der Waals surface area contributed by atoms with Gasteiger partial charge in [-0.1, -0.05) is 0 Å². The number of aromatic carboxylic acids is 1. The maximum atomic E-state index is 10.5. The molecule has 0 aliphatic carbocycles. The van der Waals surface area contributed by atoms with Crippen molar-refractivity contribution in [3.63, 3.8) is 0 Å². The molecule has 0 aliphatic heterocycles. The molecule has 0 atom stereocenters. The van der Waals surface area contributed by atoms with Crippen molar-refractivity contribution < 1.29 is 9.90 Å². The van der Waals surface area contributed by atoms with E-state index in [-0.39, 0.29) is 5.56 Å². The first-order valence-electron chi connectivity index (χ1n) is 3.31. The number of nitrogens with one attached hydrogen (secondary N) is 1. The van der Waals surface area contributed by atoms with Gasteiger partial charge < -0.3 is 10.5 Å². The molecule has 0 amide bonds. The third-order valence-electron chi connectivity index (χ3n) is 1.49. The molecule has 1 aromatic rings. The second-order valence-corrected chi connectivity index (χ2v) is 2.33. The first kappa shape index (κ1) is 8.48. The van der Waals surface area contributed by atoms with E-state index in [2.05, 4.69) is 10.4 Å². The molecule has 64 valence electrons. The lowest BCUT2D eigenvalue weighted by atomic mass is 10.1. The first-order valence-corrected chi connectivity index (χ1v) is 3.31. The van der Waals surface area contributed by atoms with E-state index in [1.54, 1.807) is 13.0 Å². The van der Waals surface area contributed by atoms with Crippen LogP contribution in [0.4, 0.5) is 5.82 Å². The van der Waals surface area contributed by atoms with Crippen molar-refractivity contribution >= 4 is 11.8 Å². The summed E-state index contributed by atoms with van der Waals surface area (Å²) >= 11 is 0. The van der Waals surface area contributed by atoms with Crippen molar-refractivity contribution in [2.24, 2.45) is 5.84 Å². The van der Waals surface area contributed by atoms with Crippen LogP contribution in [0.1, 0.15) is 15.9 Å². The van der Waals surface area contributed by atoms with Gasteiger partial charge in [0.1, 0.15) is 5.82 Å². The number of aromatic nitrogens is 1. The average Bonchev–Trinajstić information content (AvgIpc) is 2.03. The number of nitrogens with zero attached hydrogens (tertiary/aromatic N) is 1. The molecule has 0 bridgehead atoms. The number of carboxylic acids is 1. The van der Waals surface area contributed by atoms with E-state index >= 15 is 0 Å². The number of rotatable bonds is 2. The molecule has 0 fully saturated rings. The molecule has 1 aromatic heterocycles. The smallest absolute Gasteiger partial charge is 0.337 e. The molecular weight excluding hydrogens is 158 g/mol. The van der Waals surface area contributed by atoms with Crippen molar-refractivity contribution in [3.8, 4) is 0 Å². The fraction of sp³-hybridized carbons (Fsp3) is 0.143. The van der Waals surface area contributed by atoms with Gasteiger partial charge in [0.25, 0.3) is 0 Å². The third-order valence-corrected chi connectivity index (χ3v) is 1.49. The highest BCUT2D eigenvalue weighted by Gasteiger charge is 2.07. The number of hydrogen-bond donors (Lipinski definition) is 3. The lowest BCUT2D eigenvalue weighted by molar-refractivity contribution is 0.0695. The molecule has 5 heteroatoms. The fourth-order valence-corrected chi connectivity index (χ4v) is 0.859. The Kier molecular flexibility index (Phi) is 2.25. The number of nitrogen functional groups attached to an aromatic ring is 1. The third kappa shape index (κ3) is 1.51. The Morgan fingerprint density at radius 2 is 2.42 bits per heavy atom. The number of aryl methyl sites for hydroxylation is 1. The lowest BCUT2D eigenvalue weighted by Crippen LogP contribution is -2.10. The highest BCUT2D eigenvalue weighted by atomic mass is 16.4. The monoisotopic (exact) mass is 167 g/mol. The van der Waals surface area contributed by atoms with Crippen LogP contribution in [0.25, 0.3) is 0 Å². The van der Waals surface area contributed by atoms with Gasteiger partial charge in [-0.05, 0) is 18.6 Å². The molecule has 0 aromatic carbocycles. The number of carboxylic acid groups (broad SMARTS) is 1. The molecule has 0 spiro atoms. The molecule has 12 heavy (non-hydrogen) atoms. The minimum atomic E-state index is -0.983. The van der Waals surface area contributed by atoms with Gasteiger partial charge in [-0.15, -0.1) is 0 Å². The van der Waals surface area contributed by atoms with E-state index in [0.29, 0.717) is 11.4 Å². The molecule has 1 rings (SSSR count). The Morgan fingerprint density at radius 3 is 2.83 bits per heavy atom. The normalized spacial score (nSPS) is 9.50. The molecular formula is C7H9N3O2. The summed E-state index contributed by atoms with van der Waals surface area (Å²) in [5, 5.41) is 8.64. The van der Waals surface area contributed by atoms with E-state index in [9.17, 15) is 4.79 Å². The average molecular weight is 167 g/mol. The second-order valence-electron chi connectivity index (χ2n) is 2.33. The maximum Gasteiger partial charge on any atom is 0.337 e. The van der Waals surface area contributed by atoms with Crippen LogP contribution in [0.5, 0.6) is 0 Å². The number of carbonyl (C=O) groups is 1. The number of anilines is 1. The van der Waals surface area contributed by atoms with Gasteiger partial charge in [0.05, 0.1) is 5.56 Å². The quantitative estimate of drug-likeness (QED) is 0.437. The van der Waals surface area contributed by atoms with Crippen molar-refractivity contribution in [1.29, 1.82) is 0 Å². The van der Waals surface area contributed by atoms with Gasteiger partial charge in [-0.25, -0.2) is 15.6 Å². The van der Waals surface area contributed by atoms with E-state index in [1.807, 2.05) is 0 Å². The molecule has 0 saturated heterocycles. The van der Waals surface area contributed by atoms with E-state index in [1.165, 1.54) is 6.20 Å². The molecule has 0 saturated carbocycles. The minimum Gasteiger partial charge on any atom is -0.478 e. The van der Waals surface area contributed by atoms with Gasteiger partial charge in [0, 0.05) is 6.20 Å². The Hall–Kier alpha value is -1.62. The highest BCUT2D eigenvalue weighted by Crippen LogP contribution is 2.10. The Bertz CT molecular complexity index is 312. The summed E-state index contributed by atoms with van der Waals surface area (Å²) in [6.45, 7) is 1.69. The second kappa shape index (κ2) is 3.19. The van der Waals surface area contributed by atoms with Crippen LogP contribution < -0.4 is 11.3 Å². The van der Waals surface area contributed by atoms with Crippen LogP contribution in [-0.4, -0.2) is 16.1 Å². The Morgan fingerprint density at radius 1 is 1.75 bits per heavy atom. The van der Waals surface area contributed by atoms with E-state index < -0.39 is 5.97 Å². The zero-order valence-corrected chi connectivity index (χ0v) is 6.53. The predicted molar refractivity (Wildman–Crippen MR) is 43.7 cm³/mol. The summed E-state index contributed by atoms with van der Waals surface area (Å²) in [5.74, 6) is 4.56. The number of hydrazine groups is 1. The van der Waals surface area contributed by atoms with Gasteiger partial charge >= 0.3 is 5.97 Å². The molecule has 0 aliphatic rings. The summed E-state index contributed by atoms with van der Waals surface area (Å²) in [5.41, 5.74) is 3.15. The van der Waals surface area contributed by atoms with Crippen LogP contribution >= 0.6 is 0 Å².